The summed E-state index contributed by atoms with van der Waals surface area (Å²) in [5.41, 5.74) is 12.1. The Balaban J connectivity index is 3.26. The largest absolute Gasteiger partial charge is 0.329 e. The molecule has 3 nitrogen and oxygen atoms in total. The minimum Gasteiger partial charge on any atom is -0.329 e. The topological polar surface area (TPSA) is 75.8 Å². The van der Waals surface area contributed by atoms with E-state index < -0.39 is 6.04 Å². The van der Waals surface area contributed by atoms with Crippen molar-refractivity contribution in [2.24, 2.45) is 11.5 Å². The molecule has 0 unspecified atom stereocenters. The van der Waals surface area contributed by atoms with Gasteiger partial charge in [0.1, 0.15) is 0 Å². The van der Waals surface area contributed by atoms with Crippen LogP contribution < -0.4 is 11.5 Å². The molecule has 0 fully saturated rings. The van der Waals surface area contributed by atoms with Crippen molar-refractivity contribution in [3.8, 4) is 6.07 Å². The highest BCUT2D eigenvalue weighted by atomic mass is 35.5. The van der Waals surface area contributed by atoms with Gasteiger partial charge in [-0.2, -0.15) is 5.26 Å². The molecule has 0 amide bonds. The summed E-state index contributed by atoms with van der Waals surface area (Å²) in [6, 6.07) is 4.60. The van der Waals surface area contributed by atoms with E-state index in [-0.39, 0.29) is 6.54 Å². The van der Waals surface area contributed by atoms with Crippen molar-refractivity contribution in [1.29, 1.82) is 5.26 Å². The number of hydrogen-bond acceptors (Lipinski definition) is 3. The lowest BCUT2D eigenvalue weighted by atomic mass is 10.1. The number of benzene rings is 1. The zero-order chi connectivity index (χ0) is 10.7. The van der Waals surface area contributed by atoms with Crippen LogP contribution in [0.4, 0.5) is 0 Å². The molecule has 1 aromatic rings. The van der Waals surface area contributed by atoms with Gasteiger partial charge in [0.2, 0.25) is 0 Å². The van der Waals surface area contributed by atoms with Gasteiger partial charge in [-0.05, 0) is 12.1 Å². The van der Waals surface area contributed by atoms with E-state index in [1.807, 2.05) is 6.07 Å². The van der Waals surface area contributed by atoms with Crippen LogP contribution in [0.1, 0.15) is 17.2 Å². The Morgan fingerprint density at radius 3 is 2.21 bits per heavy atom. The molecule has 0 heterocycles. The first-order valence-electron chi connectivity index (χ1n) is 3.94. The van der Waals surface area contributed by atoms with Gasteiger partial charge in [0.25, 0.3) is 0 Å². The smallest absolute Gasteiger partial charge is 0.0992 e. The summed E-state index contributed by atoms with van der Waals surface area (Å²) in [7, 11) is 0. The van der Waals surface area contributed by atoms with Gasteiger partial charge in [0, 0.05) is 28.2 Å². The average molecular weight is 230 g/mol. The fourth-order valence-corrected chi connectivity index (χ4v) is 1.89. The molecular formula is C9H9Cl2N3. The van der Waals surface area contributed by atoms with Gasteiger partial charge in [-0.1, -0.05) is 23.2 Å². The van der Waals surface area contributed by atoms with Crippen molar-refractivity contribution in [2.45, 2.75) is 6.04 Å². The maximum atomic E-state index is 8.65. The summed E-state index contributed by atoms with van der Waals surface area (Å²) in [4.78, 5) is 0. The third kappa shape index (κ3) is 2.17. The Hall–Kier alpha value is -0.790. The molecule has 0 bridgehead atoms. The second-order valence-electron chi connectivity index (χ2n) is 2.81. The third-order valence-corrected chi connectivity index (χ3v) is 2.46. The standard InChI is InChI=1S/C9H9Cl2N3/c10-6-1-5(3-12)2-7(11)9(6)8(14)4-13/h1-2,8H,4,13-14H2/t8-/m0/s1. The van der Waals surface area contributed by atoms with Gasteiger partial charge >= 0.3 is 0 Å². The van der Waals surface area contributed by atoms with Crippen LogP contribution in [0.15, 0.2) is 12.1 Å². The fourth-order valence-electron chi connectivity index (χ4n) is 1.12. The van der Waals surface area contributed by atoms with Crippen molar-refractivity contribution >= 4 is 23.2 Å². The van der Waals surface area contributed by atoms with E-state index in [2.05, 4.69) is 0 Å². The molecule has 5 heteroatoms. The highest BCUT2D eigenvalue weighted by Gasteiger charge is 2.14. The van der Waals surface area contributed by atoms with Crippen LogP contribution in [-0.4, -0.2) is 6.54 Å². The molecule has 0 radical (unpaired) electrons. The number of halogens is 2. The van der Waals surface area contributed by atoms with Crippen LogP contribution in [0.5, 0.6) is 0 Å². The highest BCUT2D eigenvalue weighted by molar-refractivity contribution is 6.36. The number of nitrogens with two attached hydrogens (primary N) is 2. The van der Waals surface area contributed by atoms with Crippen LogP contribution in [0.2, 0.25) is 10.0 Å². The lowest BCUT2D eigenvalue weighted by Gasteiger charge is -2.13. The Kier molecular flexibility index (Phi) is 3.73. The molecule has 1 atom stereocenters. The second-order valence-corrected chi connectivity index (χ2v) is 3.62. The van der Waals surface area contributed by atoms with Gasteiger partial charge in [0.05, 0.1) is 11.6 Å². The van der Waals surface area contributed by atoms with Crippen LogP contribution in [0.25, 0.3) is 0 Å². The fraction of sp³-hybridized carbons (Fsp3) is 0.222. The first kappa shape index (κ1) is 11.3. The minimum atomic E-state index is -0.400. The van der Waals surface area contributed by atoms with Crippen molar-refractivity contribution in [1.82, 2.24) is 0 Å². The number of nitrogens with zero attached hydrogens (tertiary/aromatic N) is 1. The summed E-state index contributed by atoms with van der Waals surface area (Å²) in [6.45, 7) is 0.255. The minimum absolute atomic E-state index is 0.255. The van der Waals surface area contributed by atoms with Crippen molar-refractivity contribution in [2.75, 3.05) is 6.54 Å². The van der Waals surface area contributed by atoms with Crippen molar-refractivity contribution < 1.29 is 0 Å². The Morgan fingerprint density at radius 2 is 1.86 bits per heavy atom. The van der Waals surface area contributed by atoms with Crippen molar-refractivity contribution in [3.05, 3.63) is 33.3 Å². The van der Waals surface area contributed by atoms with Crippen LogP contribution in [0.3, 0.4) is 0 Å². The molecule has 14 heavy (non-hydrogen) atoms. The molecule has 0 aliphatic carbocycles. The van der Waals surface area contributed by atoms with Gasteiger partial charge in [-0.15, -0.1) is 0 Å². The summed E-state index contributed by atoms with van der Waals surface area (Å²) in [6.07, 6.45) is 0. The number of hydrogen-bond donors (Lipinski definition) is 2. The second kappa shape index (κ2) is 4.63. The summed E-state index contributed by atoms with van der Waals surface area (Å²) >= 11 is 11.8. The van der Waals surface area contributed by atoms with E-state index >= 15 is 0 Å². The molecule has 1 aromatic carbocycles. The molecule has 0 spiro atoms. The lowest BCUT2D eigenvalue weighted by Crippen LogP contribution is -2.21. The van der Waals surface area contributed by atoms with E-state index in [1.165, 1.54) is 12.1 Å². The molecule has 0 saturated heterocycles. The monoisotopic (exact) mass is 229 g/mol. The van der Waals surface area contributed by atoms with E-state index in [0.717, 1.165) is 0 Å². The van der Waals surface area contributed by atoms with Gasteiger partial charge in [-0.25, -0.2) is 0 Å². The summed E-state index contributed by atoms with van der Waals surface area (Å²) in [5, 5.41) is 9.41. The molecule has 0 saturated carbocycles. The number of nitriles is 1. The normalized spacial score (nSPS) is 12.2. The molecule has 74 valence electrons. The van der Waals surface area contributed by atoms with Crippen LogP contribution >= 0.6 is 23.2 Å². The third-order valence-electron chi connectivity index (χ3n) is 1.83. The first-order valence-corrected chi connectivity index (χ1v) is 4.70. The van der Waals surface area contributed by atoms with Gasteiger partial charge in [-0.3, -0.25) is 0 Å². The molecular weight excluding hydrogens is 221 g/mol. The van der Waals surface area contributed by atoms with E-state index in [1.54, 1.807) is 0 Å². The van der Waals surface area contributed by atoms with E-state index in [0.29, 0.717) is 21.2 Å². The molecule has 0 aromatic heterocycles. The van der Waals surface area contributed by atoms with E-state index in [9.17, 15) is 0 Å². The maximum absolute atomic E-state index is 8.65. The molecule has 0 aliphatic rings. The van der Waals surface area contributed by atoms with Crippen LogP contribution in [-0.2, 0) is 0 Å². The molecule has 1 rings (SSSR count). The predicted molar refractivity (Wildman–Crippen MR) is 57.2 cm³/mol. The maximum Gasteiger partial charge on any atom is 0.0992 e. The zero-order valence-electron chi connectivity index (χ0n) is 7.30. The van der Waals surface area contributed by atoms with Gasteiger partial charge < -0.3 is 11.5 Å². The Bertz CT molecular complexity index is 361. The van der Waals surface area contributed by atoms with Crippen molar-refractivity contribution in [3.63, 3.8) is 0 Å². The first-order chi connectivity index (χ1) is 6.60. The SMILES string of the molecule is N#Cc1cc(Cl)c([C@@H](N)CN)c(Cl)c1. The molecule has 4 N–H and O–H groups in total. The quantitative estimate of drug-likeness (QED) is 0.813. The Labute approximate surface area is 92.2 Å². The number of rotatable bonds is 2. The molecule has 0 aliphatic heterocycles. The summed E-state index contributed by atoms with van der Waals surface area (Å²) in [5.74, 6) is 0. The average Bonchev–Trinajstić information content (AvgIpc) is 2.16. The Morgan fingerprint density at radius 1 is 1.36 bits per heavy atom. The van der Waals surface area contributed by atoms with Crippen LogP contribution in [0, 0.1) is 11.3 Å². The van der Waals surface area contributed by atoms with Gasteiger partial charge in [0.15, 0.2) is 0 Å². The predicted octanol–water partition coefficient (Wildman–Crippen LogP) is 1.82. The zero-order valence-corrected chi connectivity index (χ0v) is 8.81. The van der Waals surface area contributed by atoms with E-state index in [4.69, 9.17) is 39.9 Å². The lowest BCUT2D eigenvalue weighted by molar-refractivity contribution is 0.737. The highest BCUT2D eigenvalue weighted by Crippen LogP contribution is 2.30. The summed E-state index contributed by atoms with van der Waals surface area (Å²) < 4.78 is 0.